The molecule has 1 aliphatic carbocycles. The van der Waals surface area contributed by atoms with Crippen LogP contribution in [-0.4, -0.2) is 52.6 Å². The molecule has 1 aliphatic heterocycles. The molecular formula is C27H38N2O4S. The molecule has 186 valence electrons. The molecule has 2 aliphatic rings. The topological polar surface area (TPSA) is 76.7 Å². The molecule has 2 aromatic rings. The Morgan fingerprint density at radius 1 is 1.15 bits per heavy atom. The van der Waals surface area contributed by atoms with Crippen molar-refractivity contribution in [2.45, 2.75) is 57.5 Å². The monoisotopic (exact) mass is 486 g/mol. The smallest absolute Gasteiger partial charge is 0.211 e. The van der Waals surface area contributed by atoms with E-state index in [1.165, 1.54) is 16.7 Å². The standard InChI is InChI=1S/C27H38N2O4S/c1-3-20(2)19-34(30,31)28-13-14-33-24-11-9-22-10-12-27(29-23-17-32-18-23)26(25(22)16-24)15-21-7-5-4-6-8-21/h4-9,11,16,20,23,26-29H,3,10,12-15,17-19H2,1-2H3. The van der Waals surface area contributed by atoms with Gasteiger partial charge in [0.15, 0.2) is 0 Å². The summed E-state index contributed by atoms with van der Waals surface area (Å²) in [6, 6.07) is 17.8. The maximum absolute atomic E-state index is 12.2. The summed E-state index contributed by atoms with van der Waals surface area (Å²) in [4.78, 5) is 0. The summed E-state index contributed by atoms with van der Waals surface area (Å²) in [5.74, 6) is 1.45. The van der Waals surface area contributed by atoms with Gasteiger partial charge in [0.25, 0.3) is 0 Å². The number of sulfonamides is 1. The van der Waals surface area contributed by atoms with Crippen molar-refractivity contribution in [3.8, 4) is 5.75 Å². The van der Waals surface area contributed by atoms with Gasteiger partial charge in [0.05, 0.1) is 25.0 Å². The Kier molecular flexibility index (Phi) is 8.64. The Hall–Kier alpha value is -1.93. The molecule has 4 rings (SSSR count). The predicted molar refractivity (Wildman–Crippen MR) is 136 cm³/mol. The number of hydrogen-bond acceptors (Lipinski definition) is 5. The highest BCUT2D eigenvalue weighted by molar-refractivity contribution is 7.89. The van der Waals surface area contributed by atoms with Crippen LogP contribution < -0.4 is 14.8 Å². The lowest BCUT2D eigenvalue weighted by molar-refractivity contribution is -0.0123. The highest BCUT2D eigenvalue weighted by Gasteiger charge is 2.33. The van der Waals surface area contributed by atoms with Gasteiger partial charge >= 0.3 is 0 Å². The van der Waals surface area contributed by atoms with Crippen LogP contribution in [0.5, 0.6) is 5.75 Å². The fourth-order valence-corrected chi connectivity index (χ4v) is 6.33. The van der Waals surface area contributed by atoms with Gasteiger partial charge in [-0.25, -0.2) is 13.1 Å². The van der Waals surface area contributed by atoms with Crippen molar-refractivity contribution < 1.29 is 17.9 Å². The summed E-state index contributed by atoms with van der Waals surface area (Å²) < 4.78 is 38.4. The molecule has 2 N–H and O–H groups in total. The van der Waals surface area contributed by atoms with Crippen LogP contribution >= 0.6 is 0 Å². The molecule has 0 saturated carbocycles. The molecule has 1 fully saturated rings. The quantitative estimate of drug-likeness (QED) is 0.448. The predicted octanol–water partition coefficient (Wildman–Crippen LogP) is 3.66. The molecule has 34 heavy (non-hydrogen) atoms. The largest absolute Gasteiger partial charge is 0.492 e. The second-order valence-electron chi connectivity index (χ2n) is 9.74. The van der Waals surface area contributed by atoms with Gasteiger partial charge in [-0.1, -0.05) is 56.7 Å². The van der Waals surface area contributed by atoms with Crippen LogP contribution in [-0.2, 0) is 27.6 Å². The molecule has 0 aromatic heterocycles. The zero-order valence-electron chi connectivity index (χ0n) is 20.3. The number of aryl methyl sites for hydroxylation is 1. The molecule has 2 aromatic carbocycles. The number of benzene rings is 2. The highest BCUT2D eigenvalue weighted by Crippen LogP contribution is 2.37. The molecule has 1 heterocycles. The molecule has 3 unspecified atom stereocenters. The Morgan fingerprint density at radius 3 is 2.65 bits per heavy atom. The first-order valence-electron chi connectivity index (χ1n) is 12.5. The average Bonchev–Trinajstić information content (AvgIpc) is 2.80. The maximum atomic E-state index is 12.2. The van der Waals surface area contributed by atoms with E-state index >= 15 is 0 Å². The van der Waals surface area contributed by atoms with E-state index < -0.39 is 10.0 Å². The second kappa shape index (κ2) is 11.7. The minimum atomic E-state index is -3.27. The first-order chi connectivity index (χ1) is 16.4. The van der Waals surface area contributed by atoms with Crippen molar-refractivity contribution in [2.75, 3.05) is 32.1 Å². The second-order valence-corrected chi connectivity index (χ2v) is 11.6. The third-order valence-corrected chi connectivity index (χ3v) is 8.66. The third kappa shape index (κ3) is 6.81. The fourth-order valence-electron chi connectivity index (χ4n) is 4.84. The van der Waals surface area contributed by atoms with Gasteiger partial charge in [0.1, 0.15) is 12.4 Å². The van der Waals surface area contributed by atoms with Crippen molar-refractivity contribution in [2.24, 2.45) is 5.92 Å². The molecule has 0 spiro atoms. The van der Waals surface area contributed by atoms with E-state index in [0.29, 0.717) is 24.6 Å². The van der Waals surface area contributed by atoms with E-state index in [1.807, 2.05) is 19.9 Å². The molecular weight excluding hydrogens is 448 g/mol. The van der Waals surface area contributed by atoms with Crippen LogP contribution in [0.3, 0.4) is 0 Å². The lowest BCUT2D eigenvalue weighted by Crippen LogP contribution is -2.53. The molecule has 0 radical (unpaired) electrons. The summed E-state index contributed by atoms with van der Waals surface area (Å²) in [5, 5.41) is 3.83. The number of fused-ring (bicyclic) bond motifs is 1. The molecule has 6 nitrogen and oxygen atoms in total. The van der Waals surface area contributed by atoms with Crippen LogP contribution in [0.2, 0.25) is 0 Å². The number of ether oxygens (including phenoxy) is 2. The maximum Gasteiger partial charge on any atom is 0.211 e. The van der Waals surface area contributed by atoms with Crippen LogP contribution in [0.15, 0.2) is 48.5 Å². The van der Waals surface area contributed by atoms with Crippen LogP contribution in [0.1, 0.15) is 49.3 Å². The van der Waals surface area contributed by atoms with Crippen molar-refractivity contribution in [3.63, 3.8) is 0 Å². The summed E-state index contributed by atoms with van der Waals surface area (Å²) in [6.45, 7) is 6.12. The lowest BCUT2D eigenvalue weighted by atomic mass is 9.76. The van der Waals surface area contributed by atoms with Crippen molar-refractivity contribution >= 4 is 10.0 Å². The first-order valence-corrected chi connectivity index (χ1v) is 14.2. The summed E-state index contributed by atoms with van der Waals surface area (Å²) in [5.41, 5.74) is 4.05. The van der Waals surface area contributed by atoms with Crippen LogP contribution in [0.4, 0.5) is 0 Å². The van der Waals surface area contributed by atoms with Gasteiger partial charge in [0, 0.05) is 18.5 Å². The normalized spacial score (nSPS) is 21.5. The van der Waals surface area contributed by atoms with E-state index in [1.54, 1.807) is 0 Å². The first kappa shape index (κ1) is 25.2. The fraction of sp³-hybridized carbons (Fsp3) is 0.556. The Balaban J connectivity index is 1.42. The minimum Gasteiger partial charge on any atom is -0.492 e. The number of nitrogens with one attached hydrogen (secondary N) is 2. The van der Waals surface area contributed by atoms with E-state index in [9.17, 15) is 8.42 Å². The lowest BCUT2D eigenvalue weighted by Gasteiger charge is -2.39. The summed E-state index contributed by atoms with van der Waals surface area (Å²) in [6.07, 6.45) is 3.97. The van der Waals surface area contributed by atoms with Crippen molar-refractivity contribution in [1.82, 2.24) is 10.0 Å². The highest BCUT2D eigenvalue weighted by atomic mass is 32.2. The molecule has 1 saturated heterocycles. The van der Waals surface area contributed by atoms with Gasteiger partial charge in [-0.05, 0) is 54.0 Å². The van der Waals surface area contributed by atoms with E-state index in [2.05, 4.69) is 52.5 Å². The Bertz CT molecular complexity index is 1020. The van der Waals surface area contributed by atoms with Crippen LogP contribution in [0, 0.1) is 5.92 Å². The zero-order chi connectivity index (χ0) is 24.0. The Morgan fingerprint density at radius 2 is 1.94 bits per heavy atom. The van der Waals surface area contributed by atoms with Gasteiger partial charge in [-0.2, -0.15) is 0 Å². The third-order valence-electron chi connectivity index (χ3n) is 7.01. The molecule has 0 amide bonds. The Labute approximate surface area is 204 Å². The van der Waals surface area contributed by atoms with E-state index in [0.717, 1.165) is 44.6 Å². The van der Waals surface area contributed by atoms with Gasteiger partial charge < -0.3 is 14.8 Å². The minimum absolute atomic E-state index is 0.147. The zero-order valence-corrected chi connectivity index (χ0v) is 21.1. The molecule has 7 heteroatoms. The molecule has 0 bridgehead atoms. The van der Waals surface area contributed by atoms with Gasteiger partial charge in [-0.15, -0.1) is 0 Å². The summed E-state index contributed by atoms with van der Waals surface area (Å²) >= 11 is 0. The van der Waals surface area contributed by atoms with Gasteiger partial charge in [-0.3, -0.25) is 0 Å². The van der Waals surface area contributed by atoms with Crippen molar-refractivity contribution in [3.05, 3.63) is 65.2 Å². The van der Waals surface area contributed by atoms with Crippen LogP contribution in [0.25, 0.3) is 0 Å². The summed E-state index contributed by atoms with van der Waals surface area (Å²) in [7, 11) is -3.27. The molecule has 3 atom stereocenters. The average molecular weight is 487 g/mol. The SMILES string of the molecule is CCC(C)CS(=O)(=O)NCCOc1ccc2c(c1)C(Cc1ccccc1)C(NC1COC1)CC2. The number of hydrogen-bond donors (Lipinski definition) is 2. The number of rotatable bonds is 12. The van der Waals surface area contributed by atoms with Gasteiger partial charge in [0.2, 0.25) is 10.0 Å². The van der Waals surface area contributed by atoms with E-state index in [-0.39, 0.29) is 18.2 Å². The van der Waals surface area contributed by atoms with E-state index in [4.69, 9.17) is 9.47 Å². The van der Waals surface area contributed by atoms with Crippen molar-refractivity contribution in [1.29, 1.82) is 0 Å².